The minimum absolute atomic E-state index is 0.276. The minimum Gasteiger partial charge on any atom is -0.357 e. The second-order valence-corrected chi connectivity index (χ2v) is 8.90. The fraction of sp³-hybridized carbons (Fsp3) is 0.381. The Hall–Kier alpha value is -2.38. The van der Waals surface area contributed by atoms with Crippen LogP contribution in [0.2, 0.25) is 0 Å². The number of guanidine groups is 1. The van der Waals surface area contributed by atoms with Gasteiger partial charge in [0, 0.05) is 27.2 Å². The maximum atomic E-state index is 12.5. The van der Waals surface area contributed by atoms with Gasteiger partial charge in [-0.1, -0.05) is 55.5 Å². The Morgan fingerprint density at radius 3 is 2.32 bits per heavy atom. The Kier molecular flexibility index (Phi) is 8.02. The van der Waals surface area contributed by atoms with Gasteiger partial charge in [-0.15, -0.1) is 0 Å². The summed E-state index contributed by atoms with van der Waals surface area (Å²) >= 11 is 0. The van der Waals surface area contributed by atoms with Crippen LogP contribution in [0.25, 0.3) is 0 Å². The summed E-state index contributed by atoms with van der Waals surface area (Å²) in [5.74, 6) is 0.994. The Bertz CT molecular complexity index is 880. The molecule has 0 aliphatic heterocycles. The normalized spacial score (nSPS) is 13.4. The monoisotopic (exact) mass is 402 g/mol. The smallest absolute Gasteiger partial charge is 0.242 e. The first kappa shape index (κ1) is 21.9. The average molecular weight is 403 g/mol. The molecule has 0 heterocycles. The van der Waals surface area contributed by atoms with Gasteiger partial charge in [0.2, 0.25) is 10.0 Å². The lowest BCUT2D eigenvalue weighted by molar-refractivity contribution is 0.519. The Balaban J connectivity index is 2.13. The molecule has 1 atom stereocenters. The molecule has 2 aromatic rings. The molecule has 2 N–H and O–H groups in total. The molecule has 0 aromatic heterocycles. The number of benzene rings is 2. The second kappa shape index (κ2) is 10.2. The van der Waals surface area contributed by atoms with Gasteiger partial charge in [0.05, 0.1) is 11.4 Å². The zero-order valence-corrected chi connectivity index (χ0v) is 17.8. The maximum absolute atomic E-state index is 12.5. The summed E-state index contributed by atoms with van der Waals surface area (Å²) in [5.41, 5.74) is 1.93. The highest BCUT2D eigenvalue weighted by Crippen LogP contribution is 2.19. The zero-order chi connectivity index (χ0) is 20.6. The van der Waals surface area contributed by atoms with Crippen LogP contribution in [0, 0.1) is 0 Å². The molecule has 0 aliphatic rings. The quantitative estimate of drug-likeness (QED) is 0.526. The van der Waals surface area contributed by atoms with Crippen LogP contribution in [0.15, 0.2) is 64.5 Å². The van der Waals surface area contributed by atoms with Gasteiger partial charge in [-0.05, 0) is 30.0 Å². The molecular formula is C21H30N4O2S. The van der Waals surface area contributed by atoms with Gasteiger partial charge in [-0.3, -0.25) is 0 Å². The van der Waals surface area contributed by atoms with Gasteiger partial charge < -0.3 is 10.6 Å². The van der Waals surface area contributed by atoms with Crippen molar-refractivity contribution in [3.63, 3.8) is 0 Å². The van der Waals surface area contributed by atoms with Gasteiger partial charge in [0.1, 0.15) is 0 Å². The standard InChI is InChI=1S/C21H30N4O2S/c1-5-22-21(23-15-17(2)18-11-7-6-8-12-18)24-16-19-13-9-10-14-20(19)28(26,27)25(3)4/h6-14,17H,5,15-16H2,1-4H3,(H2,22,23,24). The van der Waals surface area contributed by atoms with Crippen LogP contribution in [0.5, 0.6) is 0 Å². The highest BCUT2D eigenvalue weighted by Gasteiger charge is 2.20. The van der Waals surface area contributed by atoms with E-state index in [1.54, 1.807) is 18.2 Å². The summed E-state index contributed by atoms with van der Waals surface area (Å²) in [7, 11) is -0.439. The predicted molar refractivity (Wildman–Crippen MR) is 115 cm³/mol. The lowest BCUT2D eigenvalue weighted by Gasteiger charge is -2.17. The van der Waals surface area contributed by atoms with Crippen molar-refractivity contribution >= 4 is 16.0 Å². The fourth-order valence-corrected chi connectivity index (χ4v) is 3.85. The van der Waals surface area contributed by atoms with E-state index < -0.39 is 10.0 Å². The summed E-state index contributed by atoms with van der Waals surface area (Å²) in [6, 6.07) is 17.3. The van der Waals surface area contributed by atoms with Crippen molar-refractivity contribution in [1.82, 2.24) is 14.9 Å². The highest BCUT2D eigenvalue weighted by atomic mass is 32.2. The first-order valence-electron chi connectivity index (χ1n) is 9.43. The first-order valence-corrected chi connectivity index (χ1v) is 10.9. The molecule has 28 heavy (non-hydrogen) atoms. The number of sulfonamides is 1. The van der Waals surface area contributed by atoms with Gasteiger partial charge in [-0.25, -0.2) is 17.7 Å². The zero-order valence-electron chi connectivity index (χ0n) is 17.0. The lowest BCUT2D eigenvalue weighted by Crippen LogP contribution is -2.39. The van der Waals surface area contributed by atoms with Crippen LogP contribution in [0.4, 0.5) is 0 Å². The van der Waals surface area contributed by atoms with Gasteiger partial charge in [-0.2, -0.15) is 0 Å². The van der Waals surface area contributed by atoms with Crippen LogP contribution in [-0.4, -0.2) is 45.9 Å². The molecule has 0 spiro atoms. The summed E-state index contributed by atoms with van der Waals surface area (Å²) < 4.78 is 26.3. The topological polar surface area (TPSA) is 73.8 Å². The van der Waals surface area contributed by atoms with Crippen molar-refractivity contribution in [3.05, 3.63) is 65.7 Å². The SMILES string of the molecule is CCNC(=NCc1ccccc1S(=O)(=O)N(C)C)NCC(C)c1ccccc1. The largest absolute Gasteiger partial charge is 0.357 e. The molecule has 0 saturated heterocycles. The van der Waals surface area contributed by atoms with E-state index in [1.165, 1.54) is 24.0 Å². The van der Waals surface area contributed by atoms with Crippen LogP contribution in [-0.2, 0) is 16.6 Å². The van der Waals surface area contributed by atoms with E-state index in [4.69, 9.17) is 0 Å². The Morgan fingerprint density at radius 2 is 1.68 bits per heavy atom. The van der Waals surface area contributed by atoms with Crippen molar-refractivity contribution in [2.45, 2.75) is 31.2 Å². The predicted octanol–water partition coefficient (Wildman–Crippen LogP) is 2.80. The third-order valence-electron chi connectivity index (χ3n) is 4.43. The molecule has 0 amide bonds. The van der Waals surface area contributed by atoms with E-state index in [0.29, 0.717) is 17.4 Å². The Labute approximate surface area is 168 Å². The van der Waals surface area contributed by atoms with E-state index in [0.717, 1.165) is 13.1 Å². The maximum Gasteiger partial charge on any atom is 0.242 e. The molecule has 0 radical (unpaired) electrons. The average Bonchev–Trinajstić information content (AvgIpc) is 2.70. The van der Waals surface area contributed by atoms with E-state index >= 15 is 0 Å². The third kappa shape index (κ3) is 5.81. The molecular weight excluding hydrogens is 372 g/mol. The number of nitrogens with zero attached hydrogens (tertiary/aromatic N) is 2. The van der Waals surface area contributed by atoms with Gasteiger partial charge in [0.25, 0.3) is 0 Å². The molecule has 0 saturated carbocycles. The number of hydrogen-bond acceptors (Lipinski definition) is 3. The Morgan fingerprint density at radius 1 is 1.04 bits per heavy atom. The molecule has 152 valence electrons. The van der Waals surface area contributed by atoms with E-state index in [-0.39, 0.29) is 11.4 Å². The molecule has 0 bridgehead atoms. The summed E-state index contributed by atoms with van der Waals surface area (Å²) in [4.78, 5) is 4.88. The fourth-order valence-electron chi connectivity index (χ4n) is 2.74. The molecule has 2 rings (SSSR count). The van der Waals surface area contributed by atoms with Gasteiger partial charge >= 0.3 is 0 Å². The van der Waals surface area contributed by atoms with Crippen LogP contribution < -0.4 is 10.6 Å². The molecule has 2 aromatic carbocycles. The van der Waals surface area contributed by atoms with Crippen molar-refractivity contribution < 1.29 is 8.42 Å². The molecule has 0 fully saturated rings. The highest BCUT2D eigenvalue weighted by molar-refractivity contribution is 7.89. The number of rotatable bonds is 8. The van der Waals surface area contributed by atoms with Crippen LogP contribution in [0.3, 0.4) is 0 Å². The molecule has 7 heteroatoms. The third-order valence-corrected chi connectivity index (χ3v) is 6.34. The first-order chi connectivity index (χ1) is 13.4. The number of hydrogen-bond donors (Lipinski definition) is 2. The van der Waals surface area contributed by atoms with Crippen molar-refractivity contribution in [2.75, 3.05) is 27.2 Å². The van der Waals surface area contributed by atoms with E-state index in [2.05, 4.69) is 34.7 Å². The van der Waals surface area contributed by atoms with Crippen LogP contribution in [0.1, 0.15) is 30.9 Å². The summed E-state index contributed by atoms with van der Waals surface area (Å²) in [5, 5.41) is 6.57. The molecule has 1 unspecified atom stereocenters. The minimum atomic E-state index is -3.51. The number of aliphatic imine (C=N–C) groups is 1. The molecule has 6 nitrogen and oxygen atoms in total. The lowest BCUT2D eigenvalue weighted by atomic mass is 10.0. The summed E-state index contributed by atoms with van der Waals surface area (Å²) in [6.45, 7) is 5.89. The summed E-state index contributed by atoms with van der Waals surface area (Å²) in [6.07, 6.45) is 0. The molecule has 0 aliphatic carbocycles. The van der Waals surface area contributed by atoms with Crippen molar-refractivity contribution in [1.29, 1.82) is 0 Å². The van der Waals surface area contributed by atoms with Gasteiger partial charge in [0.15, 0.2) is 5.96 Å². The van der Waals surface area contributed by atoms with E-state index in [9.17, 15) is 8.42 Å². The van der Waals surface area contributed by atoms with E-state index in [1.807, 2.05) is 31.2 Å². The number of nitrogens with one attached hydrogen (secondary N) is 2. The second-order valence-electron chi connectivity index (χ2n) is 6.78. The van der Waals surface area contributed by atoms with Crippen LogP contribution >= 0.6 is 0 Å². The van der Waals surface area contributed by atoms with Crippen molar-refractivity contribution in [3.8, 4) is 0 Å². The van der Waals surface area contributed by atoms with Crippen molar-refractivity contribution in [2.24, 2.45) is 4.99 Å².